The molecule has 0 spiro atoms. The minimum Gasteiger partial charge on any atom is -0.390 e. The van der Waals surface area contributed by atoms with Gasteiger partial charge in [0, 0.05) is 33.0 Å². The van der Waals surface area contributed by atoms with Crippen molar-refractivity contribution in [2.45, 2.75) is 64.8 Å². The molecule has 34 heavy (non-hydrogen) atoms. The van der Waals surface area contributed by atoms with E-state index in [1.54, 1.807) is 21.1 Å². The minimum absolute atomic E-state index is 0.0158. The first-order chi connectivity index (χ1) is 16.4. The zero-order chi connectivity index (χ0) is 24.8. The largest absolute Gasteiger partial charge is 0.390 e. The van der Waals surface area contributed by atoms with Crippen LogP contribution in [0.5, 0.6) is 0 Å². The van der Waals surface area contributed by atoms with Gasteiger partial charge in [-0.3, -0.25) is 4.79 Å². The third-order valence-electron chi connectivity index (χ3n) is 6.11. The van der Waals surface area contributed by atoms with Crippen LogP contribution in [0.15, 0.2) is 60.7 Å². The first-order valence-electron chi connectivity index (χ1n) is 12.0. The molecule has 6 heteroatoms. The van der Waals surface area contributed by atoms with Gasteiger partial charge in [-0.2, -0.15) is 0 Å². The van der Waals surface area contributed by atoms with Gasteiger partial charge in [0.15, 0.2) is 6.29 Å². The van der Waals surface area contributed by atoms with Gasteiger partial charge in [0.1, 0.15) is 11.9 Å². The predicted molar refractivity (Wildman–Crippen MR) is 132 cm³/mol. The zero-order valence-corrected chi connectivity index (χ0v) is 20.9. The number of methoxy groups -OCH3 is 2. The number of rotatable bonds is 17. The summed E-state index contributed by atoms with van der Waals surface area (Å²) in [6.07, 6.45) is -0.0483. The van der Waals surface area contributed by atoms with Crippen LogP contribution in [0.2, 0.25) is 0 Å². The number of benzene rings is 2. The van der Waals surface area contributed by atoms with E-state index in [4.69, 9.17) is 18.9 Å². The van der Waals surface area contributed by atoms with E-state index < -0.39 is 18.1 Å². The summed E-state index contributed by atoms with van der Waals surface area (Å²) in [5, 5.41) is 11.0. The maximum absolute atomic E-state index is 12.9. The van der Waals surface area contributed by atoms with Crippen LogP contribution >= 0.6 is 0 Å². The summed E-state index contributed by atoms with van der Waals surface area (Å²) in [4.78, 5) is 12.9. The average molecular weight is 473 g/mol. The van der Waals surface area contributed by atoms with Crippen molar-refractivity contribution in [1.82, 2.24) is 0 Å². The van der Waals surface area contributed by atoms with Crippen molar-refractivity contribution in [3.8, 4) is 0 Å². The van der Waals surface area contributed by atoms with Gasteiger partial charge >= 0.3 is 0 Å². The van der Waals surface area contributed by atoms with Gasteiger partial charge in [-0.05, 0) is 23.5 Å². The molecule has 0 saturated heterocycles. The summed E-state index contributed by atoms with van der Waals surface area (Å²) >= 11 is 0. The number of hydrogen-bond acceptors (Lipinski definition) is 6. The Morgan fingerprint density at radius 3 is 2.00 bits per heavy atom. The van der Waals surface area contributed by atoms with Gasteiger partial charge < -0.3 is 24.1 Å². The van der Waals surface area contributed by atoms with Crippen LogP contribution in [0, 0.1) is 11.8 Å². The Bertz CT molecular complexity index is 793. The van der Waals surface area contributed by atoms with Gasteiger partial charge in [-0.25, -0.2) is 0 Å². The summed E-state index contributed by atoms with van der Waals surface area (Å²) in [6, 6.07) is 19.6. The van der Waals surface area contributed by atoms with Crippen LogP contribution in [-0.4, -0.2) is 50.2 Å². The first kappa shape index (κ1) is 28.1. The molecule has 4 atom stereocenters. The van der Waals surface area contributed by atoms with Gasteiger partial charge in [0.2, 0.25) is 0 Å². The van der Waals surface area contributed by atoms with Gasteiger partial charge in [-0.1, -0.05) is 74.5 Å². The molecule has 0 aliphatic heterocycles. The average Bonchev–Trinajstić information content (AvgIpc) is 2.88. The highest BCUT2D eigenvalue weighted by Gasteiger charge is 2.30. The second-order valence-electron chi connectivity index (χ2n) is 8.86. The molecule has 0 aliphatic carbocycles. The van der Waals surface area contributed by atoms with Gasteiger partial charge in [-0.15, -0.1) is 0 Å². The van der Waals surface area contributed by atoms with Crippen molar-refractivity contribution < 1.29 is 28.8 Å². The summed E-state index contributed by atoms with van der Waals surface area (Å²) in [7, 11) is 3.22. The van der Waals surface area contributed by atoms with Crippen LogP contribution in [0.3, 0.4) is 0 Å². The summed E-state index contributed by atoms with van der Waals surface area (Å²) < 4.78 is 22.4. The molecule has 0 radical (unpaired) electrons. The van der Waals surface area contributed by atoms with E-state index in [1.165, 1.54) is 0 Å². The lowest BCUT2D eigenvalue weighted by Crippen LogP contribution is -2.41. The molecule has 0 heterocycles. The fourth-order valence-corrected chi connectivity index (χ4v) is 3.75. The lowest BCUT2D eigenvalue weighted by atomic mass is 9.90. The Morgan fingerprint density at radius 1 is 0.882 bits per heavy atom. The number of ether oxygens (including phenoxy) is 4. The smallest absolute Gasteiger partial charge is 0.157 e. The van der Waals surface area contributed by atoms with E-state index >= 15 is 0 Å². The van der Waals surface area contributed by atoms with Crippen LogP contribution in [0.1, 0.15) is 44.2 Å². The third kappa shape index (κ3) is 10.0. The monoisotopic (exact) mass is 472 g/mol. The molecular weight excluding hydrogens is 432 g/mol. The van der Waals surface area contributed by atoms with Crippen molar-refractivity contribution in [2.24, 2.45) is 11.8 Å². The third-order valence-corrected chi connectivity index (χ3v) is 6.11. The Labute approximate surface area is 204 Å². The van der Waals surface area contributed by atoms with Crippen LogP contribution in [0.25, 0.3) is 0 Å². The molecule has 0 aromatic heterocycles. The predicted octanol–water partition coefficient (Wildman–Crippen LogP) is 4.78. The SMILES string of the molecule is COC(C[C@H](C)CCC(=O)[C@@H](C)[C@@H](O)[C@@H](COCc1ccccc1)OCc1ccccc1)OC. The molecule has 2 aromatic carbocycles. The molecule has 1 N–H and O–H groups in total. The number of aliphatic hydroxyl groups is 1. The Hall–Kier alpha value is -2.09. The van der Waals surface area contributed by atoms with Crippen LogP contribution < -0.4 is 0 Å². The lowest BCUT2D eigenvalue weighted by Gasteiger charge is -2.27. The molecule has 6 nitrogen and oxygen atoms in total. The zero-order valence-electron chi connectivity index (χ0n) is 20.9. The highest BCUT2D eigenvalue weighted by Crippen LogP contribution is 2.20. The molecule has 0 fully saturated rings. The van der Waals surface area contributed by atoms with Gasteiger partial charge in [0.25, 0.3) is 0 Å². The molecule has 0 aliphatic rings. The van der Waals surface area contributed by atoms with Crippen molar-refractivity contribution in [3.63, 3.8) is 0 Å². The first-order valence-corrected chi connectivity index (χ1v) is 12.0. The molecular formula is C28H40O6. The fraction of sp³-hybridized carbons (Fsp3) is 0.536. The normalized spacial score (nSPS) is 15.1. The Balaban J connectivity index is 1.92. The van der Waals surface area contributed by atoms with Crippen molar-refractivity contribution >= 4 is 5.78 Å². The number of Topliss-reactive ketones (excluding diaryl/α,β-unsaturated/α-hetero) is 1. The number of aliphatic hydroxyl groups excluding tert-OH is 1. The van der Waals surface area contributed by atoms with E-state index in [1.807, 2.05) is 60.7 Å². The molecule has 2 aromatic rings. The Morgan fingerprint density at radius 2 is 1.44 bits per heavy atom. The van der Waals surface area contributed by atoms with Crippen molar-refractivity contribution in [1.29, 1.82) is 0 Å². The molecule has 2 rings (SSSR count). The van der Waals surface area contributed by atoms with Crippen LogP contribution in [-0.2, 0) is 37.0 Å². The summed E-state index contributed by atoms with van der Waals surface area (Å²) in [5.74, 6) is -0.284. The van der Waals surface area contributed by atoms with E-state index in [9.17, 15) is 9.90 Å². The van der Waals surface area contributed by atoms with E-state index in [-0.39, 0.29) is 24.6 Å². The van der Waals surface area contributed by atoms with Gasteiger partial charge in [0.05, 0.1) is 25.9 Å². The second-order valence-corrected chi connectivity index (χ2v) is 8.86. The maximum atomic E-state index is 12.9. The molecule has 0 unspecified atom stereocenters. The summed E-state index contributed by atoms with van der Waals surface area (Å²) in [6.45, 7) is 4.78. The number of hydrogen-bond donors (Lipinski definition) is 1. The number of carbonyl (C=O) groups excluding carboxylic acids is 1. The summed E-state index contributed by atoms with van der Waals surface area (Å²) in [5.41, 5.74) is 2.05. The highest BCUT2D eigenvalue weighted by molar-refractivity contribution is 5.81. The van der Waals surface area contributed by atoms with Crippen molar-refractivity contribution in [3.05, 3.63) is 71.8 Å². The lowest BCUT2D eigenvalue weighted by molar-refractivity contribution is -0.137. The molecule has 0 saturated carbocycles. The molecule has 188 valence electrons. The topological polar surface area (TPSA) is 74.2 Å². The highest BCUT2D eigenvalue weighted by atomic mass is 16.7. The van der Waals surface area contributed by atoms with E-state index in [0.29, 0.717) is 32.5 Å². The quantitative estimate of drug-likeness (QED) is 0.334. The second kappa shape index (κ2) is 15.7. The Kier molecular flexibility index (Phi) is 13.0. The molecule has 0 amide bonds. The van der Waals surface area contributed by atoms with Crippen LogP contribution in [0.4, 0.5) is 0 Å². The van der Waals surface area contributed by atoms with E-state index in [2.05, 4.69) is 6.92 Å². The molecule has 0 bridgehead atoms. The standard InChI is InChI=1S/C28H40O6/c1-21(17-27(31-3)32-4)15-16-25(29)22(2)28(30)26(34-19-24-13-9-6-10-14-24)20-33-18-23-11-7-5-8-12-23/h5-14,21-22,26-28,30H,15-20H2,1-4H3/t21-,22-,26-,28-/m1/s1. The van der Waals surface area contributed by atoms with E-state index in [0.717, 1.165) is 11.1 Å². The fourth-order valence-electron chi connectivity index (χ4n) is 3.75. The van der Waals surface area contributed by atoms with Crippen molar-refractivity contribution in [2.75, 3.05) is 20.8 Å². The number of carbonyl (C=O) groups is 1. The maximum Gasteiger partial charge on any atom is 0.157 e. The number of ketones is 1. The minimum atomic E-state index is -0.965.